The third kappa shape index (κ3) is 1.50. The second-order valence-electron chi connectivity index (χ2n) is 3.93. The number of hydrogen-bond acceptors (Lipinski definition) is 1. The third-order valence-electron chi connectivity index (χ3n) is 1.80. The molecule has 12 heavy (non-hydrogen) atoms. The topological polar surface area (TPSA) is 17.8 Å². The Morgan fingerprint density at radius 3 is 2.33 bits per heavy atom. The Kier molecular flexibility index (Phi) is 1.97. The molecule has 0 amide bonds. The number of rotatable bonds is 0. The predicted octanol–water partition coefficient (Wildman–Crippen LogP) is 1.70. The van der Waals surface area contributed by atoms with Gasteiger partial charge in [0, 0.05) is 18.2 Å². The van der Waals surface area contributed by atoms with Crippen molar-refractivity contribution < 1.29 is 0 Å². The van der Waals surface area contributed by atoms with Crippen LogP contribution < -0.4 is 0 Å². The first-order chi connectivity index (χ1) is 5.45. The highest BCUT2D eigenvalue weighted by Crippen LogP contribution is 2.21. The third-order valence-corrected chi connectivity index (χ3v) is 1.80. The molecular formula is C10H14N2. The molecule has 0 unspecified atom stereocenters. The molecule has 2 nitrogen and oxygen atoms in total. The molecule has 0 spiro atoms. The van der Waals surface area contributed by atoms with Gasteiger partial charge in [-0.25, -0.2) is 0 Å². The summed E-state index contributed by atoms with van der Waals surface area (Å²) in [6.45, 7) is 6.43. The van der Waals surface area contributed by atoms with Gasteiger partial charge in [-0.15, -0.1) is 6.42 Å². The fourth-order valence-electron chi connectivity index (χ4n) is 1.24. The molecule has 0 saturated carbocycles. The second-order valence-corrected chi connectivity index (χ2v) is 3.93. The van der Waals surface area contributed by atoms with Crippen molar-refractivity contribution in [1.29, 1.82) is 0 Å². The van der Waals surface area contributed by atoms with Gasteiger partial charge in [0.25, 0.3) is 0 Å². The Balaban J connectivity index is 3.19. The molecule has 0 saturated heterocycles. The Morgan fingerprint density at radius 1 is 1.50 bits per heavy atom. The maximum Gasteiger partial charge on any atom is 0.135 e. The van der Waals surface area contributed by atoms with Gasteiger partial charge in [-0.05, 0) is 12.0 Å². The Labute approximate surface area is 73.6 Å². The van der Waals surface area contributed by atoms with E-state index in [9.17, 15) is 0 Å². The first-order valence-corrected chi connectivity index (χ1v) is 3.96. The summed E-state index contributed by atoms with van der Waals surface area (Å²) < 4.78 is 1.84. The summed E-state index contributed by atoms with van der Waals surface area (Å²) in [5.41, 5.74) is 1.98. The fraction of sp³-hybridized carbons (Fsp3) is 0.500. The lowest BCUT2D eigenvalue weighted by Gasteiger charge is -2.17. The maximum absolute atomic E-state index is 5.25. The summed E-state index contributed by atoms with van der Waals surface area (Å²) in [6, 6.07) is 1.96. The zero-order valence-corrected chi connectivity index (χ0v) is 8.05. The number of aryl methyl sites for hydroxylation is 1. The summed E-state index contributed by atoms with van der Waals surface area (Å²) in [6.07, 6.45) is 5.25. The van der Waals surface area contributed by atoms with E-state index in [4.69, 9.17) is 6.42 Å². The molecule has 0 aliphatic rings. The minimum Gasteiger partial charge on any atom is -0.271 e. The SMILES string of the molecule is C#Cc1cc(C(C)(C)C)n(C)n1. The van der Waals surface area contributed by atoms with Crippen LogP contribution in [0, 0.1) is 12.3 Å². The van der Waals surface area contributed by atoms with Gasteiger partial charge in [0.05, 0.1) is 0 Å². The molecule has 0 N–H and O–H groups in total. The molecule has 0 aliphatic carbocycles. The van der Waals surface area contributed by atoms with E-state index < -0.39 is 0 Å². The van der Waals surface area contributed by atoms with Crippen LogP contribution in [0.3, 0.4) is 0 Å². The normalized spacial score (nSPS) is 11.2. The molecule has 1 aromatic heterocycles. The zero-order valence-electron chi connectivity index (χ0n) is 8.05. The summed E-state index contributed by atoms with van der Waals surface area (Å²) in [4.78, 5) is 0. The van der Waals surface area contributed by atoms with Crippen LogP contribution in [0.4, 0.5) is 0 Å². The molecule has 0 aliphatic heterocycles. The molecule has 0 fully saturated rings. The highest BCUT2D eigenvalue weighted by molar-refractivity contribution is 5.28. The largest absolute Gasteiger partial charge is 0.271 e. The lowest BCUT2D eigenvalue weighted by molar-refractivity contribution is 0.523. The molecule has 1 heterocycles. The predicted molar refractivity (Wildman–Crippen MR) is 49.8 cm³/mol. The van der Waals surface area contributed by atoms with Crippen LogP contribution in [-0.2, 0) is 12.5 Å². The molecule has 0 atom stereocenters. The van der Waals surface area contributed by atoms with E-state index in [0.29, 0.717) is 5.69 Å². The molecule has 0 radical (unpaired) electrons. The standard InChI is InChI=1S/C10H14N2/c1-6-8-7-9(10(2,3)4)12(5)11-8/h1,7H,2-5H3. The van der Waals surface area contributed by atoms with E-state index in [0.717, 1.165) is 5.69 Å². The average molecular weight is 162 g/mol. The van der Waals surface area contributed by atoms with Crippen LogP contribution in [0.15, 0.2) is 6.07 Å². The fourth-order valence-corrected chi connectivity index (χ4v) is 1.24. The summed E-state index contributed by atoms with van der Waals surface area (Å²) in [7, 11) is 1.92. The molecule has 2 heteroatoms. The number of hydrogen-bond donors (Lipinski definition) is 0. The van der Waals surface area contributed by atoms with Crippen LogP contribution in [-0.4, -0.2) is 9.78 Å². The second kappa shape index (κ2) is 2.67. The van der Waals surface area contributed by atoms with E-state index in [-0.39, 0.29) is 5.41 Å². The molecule has 0 aromatic carbocycles. The maximum atomic E-state index is 5.25. The van der Waals surface area contributed by atoms with Crippen molar-refractivity contribution in [1.82, 2.24) is 9.78 Å². The Morgan fingerprint density at radius 2 is 2.08 bits per heavy atom. The van der Waals surface area contributed by atoms with Crippen molar-refractivity contribution >= 4 is 0 Å². The number of terminal acetylenes is 1. The average Bonchev–Trinajstić information content (AvgIpc) is 2.29. The van der Waals surface area contributed by atoms with Gasteiger partial charge in [-0.1, -0.05) is 20.8 Å². The van der Waals surface area contributed by atoms with E-state index in [1.807, 2.05) is 17.8 Å². The molecule has 64 valence electrons. The van der Waals surface area contributed by atoms with Crippen molar-refractivity contribution in [2.45, 2.75) is 26.2 Å². The number of aromatic nitrogens is 2. The lowest BCUT2D eigenvalue weighted by Crippen LogP contribution is -2.16. The molecule has 1 rings (SSSR count). The monoisotopic (exact) mass is 162 g/mol. The quantitative estimate of drug-likeness (QED) is 0.531. The first-order valence-electron chi connectivity index (χ1n) is 3.96. The van der Waals surface area contributed by atoms with Crippen LogP contribution in [0.2, 0.25) is 0 Å². The van der Waals surface area contributed by atoms with Gasteiger partial charge in [0.15, 0.2) is 0 Å². The van der Waals surface area contributed by atoms with Gasteiger partial charge >= 0.3 is 0 Å². The van der Waals surface area contributed by atoms with Crippen molar-refractivity contribution in [2.75, 3.05) is 0 Å². The van der Waals surface area contributed by atoms with Gasteiger partial charge in [-0.2, -0.15) is 5.10 Å². The van der Waals surface area contributed by atoms with Crippen LogP contribution in [0.25, 0.3) is 0 Å². The van der Waals surface area contributed by atoms with E-state index in [1.165, 1.54) is 0 Å². The van der Waals surface area contributed by atoms with Gasteiger partial charge in [0.2, 0.25) is 0 Å². The number of nitrogens with zero attached hydrogens (tertiary/aromatic N) is 2. The van der Waals surface area contributed by atoms with Gasteiger partial charge < -0.3 is 0 Å². The summed E-state index contributed by atoms with van der Waals surface area (Å²) >= 11 is 0. The molecule has 0 bridgehead atoms. The molecular weight excluding hydrogens is 148 g/mol. The van der Waals surface area contributed by atoms with Gasteiger partial charge in [0.1, 0.15) is 5.69 Å². The van der Waals surface area contributed by atoms with Crippen LogP contribution in [0.5, 0.6) is 0 Å². The summed E-state index contributed by atoms with van der Waals surface area (Å²) in [5.74, 6) is 2.53. The highest BCUT2D eigenvalue weighted by atomic mass is 15.3. The Hall–Kier alpha value is -1.23. The molecule has 1 aromatic rings. The van der Waals surface area contributed by atoms with E-state index in [2.05, 4.69) is 31.8 Å². The first kappa shape index (κ1) is 8.86. The van der Waals surface area contributed by atoms with Crippen molar-refractivity contribution in [3.63, 3.8) is 0 Å². The van der Waals surface area contributed by atoms with Gasteiger partial charge in [-0.3, -0.25) is 4.68 Å². The summed E-state index contributed by atoms with van der Waals surface area (Å²) in [5, 5.41) is 4.18. The van der Waals surface area contributed by atoms with E-state index >= 15 is 0 Å². The van der Waals surface area contributed by atoms with Crippen molar-refractivity contribution in [2.24, 2.45) is 7.05 Å². The van der Waals surface area contributed by atoms with E-state index in [1.54, 1.807) is 0 Å². The Bertz CT molecular complexity index is 321. The zero-order chi connectivity index (χ0) is 9.35. The minimum atomic E-state index is 0.108. The highest BCUT2D eigenvalue weighted by Gasteiger charge is 2.18. The minimum absolute atomic E-state index is 0.108. The smallest absolute Gasteiger partial charge is 0.135 e. The van der Waals surface area contributed by atoms with Crippen LogP contribution >= 0.6 is 0 Å². The van der Waals surface area contributed by atoms with Crippen molar-refractivity contribution in [3.8, 4) is 12.3 Å². The van der Waals surface area contributed by atoms with Crippen molar-refractivity contribution in [3.05, 3.63) is 17.5 Å². The van der Waals surface area contributed by atoms with Crippen LogP contribution in [0.1, 0.15) is 32.2 Å². The lowest BCUT2D eigenvalue weighted by atomic mass is 9.92.